The molecule has 23 nitrogen and oxygen atoms in total. The number of sulfone groups is 2. The van der Waals surface area contributed by atoms with E-state index in [1.807, 2.05) is 65.1 Å². The number of esters is 2. The van der Waals surface area contributed by atoms with Gasteiger partial charge in [0.15, 0.2) is 25.5 Å². The fourth-order valence-electron chi connectivity index (χ4n) is 16.7. The van der Waals surface area contributed by atoms with Gasteiger partial charge in [-0.05, 0) is 184 Å². The van der Waals surface area contributed by atoms with E-state index in [0.717, 1.165) is 47.0 Å². The summed E-state index contributed by atoms with van der Waals surface area (Å²) in [7, 11) is -4.33. The van der Waals surface area contributed by atoms with Crippen molar-refractivity contribution in [3.8, 4) is 11.5 Å². The Labute approximate surface area is 628 Å². The maximum absolute atomic E-state index is 14.5. The molecule has 12 atom stereocenters. The molecule has 2 unspecified atom stereocenters. The minimum Gasteiger partial charge on any atom is -0.496 e. The van der Waals surface area contributed by atoms with Gasteiger partial charge in [0.25, 0.3) is 0 Å². The number of rotatable bonds is 19. The van der Waals surface area contributed by atoms with Crippen LogP contribution >= 0.6 is 34.3 Å². The molecule has 10 aliphatic rings. The predicted octanol–water partition coefficient (Wildman–Crippen LogP) is 12.7. The van der Waals surface area contributed by atoms with E-state index < -0.39 is 85.9 Å². The van der Waals surface area contributed by atoms with E-state index in [-0.39, 0.29) is 133 Å². The number of amides is 3. The lowest BCUT2D eigenvalue weighted by Gasteiger charge is -2.64. The molecule has 4 bridgehead atoms. The van der Waals surface area contributed by atoms with E-state index >= 15 is 0 Å². The van der Waals surface area contributed by atoms with Crippen LogP contribution in [-0.4, -0.2) is 184 Å². The summed E-state index contributed by atoms with van der Waals surface area (Å²) in [5, 5.41) is 7.71. The number of thiazole rings is 2. The third kappa shape index (κ3) is 18.1. The minimum absolute atomic E-state index is 0. The van der Waals surface area contributed by atoms with Crippen molar-refractivity contribution in [2.75, 3.05) is 63.4 Å². The average Bonchev–Trinajstić information content (AvgIpc) is 1.52. The van der Waals surface area contributed by atoms with Crippen molar-refractivity contribution in [1.82, 2.24) is 25.1 Å². The summed E-state index contributed by atoms with van der Waals surface area (Å²) in [6, 6.07) is 9.19. The fourth-order valence-corrected chi connectivity index (χ4v) is 20.6. The molecular formula is C74H106B2ClN5O18S4. The van der Waals surface area contributed by atoms with Gasteiger partial charge in [0.05, 0.1) is 88.0 Å². The normalized spacial score (nSPS) is 26.9. The van der Waals surface area contributed by atoms with Crippen molar-refractivity contribution >= 4 is 103 Å². The standard InChI is InChI=1S/C36H50BN3O9S2.C32H44BNO6S.C5H8ClNO3S.CH4/c1-21-38-26(20-50-21)30(39-33(43)40-12-14-51(44,45)15-13-40)27(41)19-24(37-48-29-18-23-17-28(35(23,5)6)36(29,7)49-37)16-22-10-9-11-25(31(22)46-8)32(42)47-34(2,3)4;1-18(24-17-41-19(2)34-24)25(35)16-22(33-39-27-15-21-14-26(31(21,6)7)32(27,8)40-33)13-20-11-10-12-23(28(20)37-9)29(36)38-30(3,4)5;6-5(8)7-1-3-11(9,10)4-2-7;/h9-11,20,23-24,28-30H,12-19H2,1-8H3,(H,39,43);10-12,17-18,21-22,26-27H,13-16H2,1-9H3;1-4H2;1H4/t23-,24+,28-,29+,30?,36-;18?,21-,22+,26-,27+,32-;;/m00../s1. The Kier molecular flexibility index (Phi) is 25.1. The van der Waals surface area contributed by atoms with Crippen molar-refractivity contribution in [2.24, 2.45) is 34.5 Å². The highest BCUT2D eigenvalue weighted by atomic mass is 35.5. The molecule has 4 aliphatic heterocycles. The first-order valence-corrected chi connectivity index (χ1v) is 41.5. The molecule has 4 saturated heterocycles. The van der Waals surface area contributed by atoms with Crippen LogP contribution in [0.3, 0.4) is 0 Å². The molecule has 3 amide bonds. The van der Waals surface area contributed by atoms with Crippen LogP contribution < -0.4 is 14.8 Å². The molecule has 6 heterocycles. The van der Waals surface area contributed by atoms with E-state index in [0.29, 0.717) is 58.4 Å². The average molecular weight is 1540 g/mol. The van der Waals surface area contributed by atoms with E-state index in [9.17, 15) is 45.6 Å². The minimum atomic E-state index is -3.21. The first-order chi connectivity index (χ1) is 48.0. The Morgan fingerprint density at radius 3 is 1.38 bits per heavy atom. The fraction of sp³-hybridized carbons (Fsp3) is 0.676. The van der Waals surface area contributed by atoms with Gasteiger partial charge in [-0.1, -0.05) is 59.4 Å². The zero-order valence-corrected chi connectivity index (χ0v) is 66.5. The number of aryl methyl sites for hydroxylation is 2. The Morgan fingerprint density at radius 1 is 0.625 bits per heavy atom. The molecule has 1 N–H and O–H groups in total. The summed E-state index contributed by atoms with van der Waals surface area (Å²) >= 11 is 8.07. The van der Waals surface area contributed by atoms with Crippen molar-refractivity contribution in [1.29, 1.82) is 0 Å². The first kappa shape index (κ1) is 82.5. The van der Waals surface area contributed by atoms with Gasteiger partial charge in [0.1, 0.15) is 45.7 Å². The van der Waals surface area contributed by atoms with Gasteiger partial charge in [0, 0.05) is 61.4 Å². The van der Waals surface area contributed by atoms with Crippen molar-refractivity contribution in [2.45, 2.75) is 221 Å². The number of carbonyl (C=O) groups is 6. The molecule has 4 aromatic rings. The van der Waals surface area contributed by atoms with Gasteiger partial charge >= 0.3 is 37.6 Å². The number of ketones is 2. The second-order valence-corrected chi connectivity index (χ2v) is 39.7. The van der Waals surface area contributed by atoms with E-state index in [1.54, 1.807) is 62.8 Å². The second kappa shape index (κ2) is 31.6. The molecular weight excluding hydrogens is 1430 g/mol. The number of nitrogens with zero attached hydrogens (tertiary/aromatic N) is 4. The predicted molar refractivity (Wildman–Crippen MR) is 403 cm³/mol. The molecule has 10 fully saturated rings. The maximum Gasteiger partial charge on any atom is 0.461 e. The summed E-state index contributed by atoms with van der Waals surface area (Å²) in [5.41, 5.74) is 1.45. The van der Waals surface area contributed by atoms with Crippen molar-refractivity contribution < 1.29 is 83.2 Å². The number of carbonyl (C=O) groups excluding carboxylic acids is 6. The first-order valence-electron chi connectivity index (χ1n) is 35.7. The number of aromatic nitrogens is 2. The molecule has 572 valence electrons. The van der Waals surface area contributed by atoms with Gasteiger partial charge in [-0.3, -0.25) is 14.4 Å². The largest absolute Gasteiger partial charge is 0.496 e. The van der Waals surface area contributed by atoms with Crippen LogP contribution in [0.25, 0.3) is 0 Å². The molecule has 0 spiro atoms. The Balaban J connectivity index is 0.000000212. The number of hydrogen-bond acceptors (Lipinski definition) is 22. The molecule has 104 heavy (non-hydrogen) atoms. The number of benzene rings is 2. The second-order valence-electron chi connectivity index (χ2n) is 32.7. The summed E-state index contributed by atoms with van der Waals surface area (Å²) in [4.78, 5) is 90.4. The number of Topliss-reactive ketones (excluding diaryl/α,β-unsaturated/α-hetero) is 2. The lowest BCUT2D eigenvalue weighted by molar-refractivity contribution is -0.199. The van der Waals surface area contributed by atoms with Gasteiger partial charge < -0.3 is 52.7 Å². The van der Waals surface area contributed by atoms with E-state index in [4.69, 9.17) is 49.2 Å². The van der Waals surface area contributed by atoms with Gasteiger partial charge in [-0.25, -0.2) is 41.2 Å². The van der Waals surface area contributed by atoms with Crippen LogP contribution in [-0.2, 0) is 70.2 Å². The lowest BCUT2D eigenvalue weighted by atomic mass is 9.43. The monoisotopic (exact) mass is 1540 g/mol. The SMILES string of the molecule is C.COc1c(C[C@H](CC(=O)C(C)c2csc(C)n2)B2O[C@@H]3C[C@@H]4C[C@@H](C4(C)C)[C@]3(C)O2)cccc1C(=O)OC(C)(C)C.COc1c(C[C@H](CC(=O)C(NC(=O)N2CCS(=O)(=O)CC2)c2csc(C)n2)B2O[C@@H]3C[C@@H]4C[C@@H](C4(C)C)[C@]3(C)O2)cccc1C(=O)OC(C)(C)C.O=C(Cl)N1CCS(=O)(=O)CC1. The van der Waals surface area contributed by atoms with E-state index in [2.05, 4.69) is 56.8 Å². The van der Waals surface area contributed by atoms with Crippen molar-refractivity contribution in [3.05, 3.63) is 90.8 Å². The van der Waals surface area contributed by atoms with Crippen LogP contribution in [0.2, 0.25) is 11.6 Å². The van der Waals surface area contributed by atoms with Crippen LogP contribution in [0.15, 0.2) is 47.2 Å². The zero-order valence-electron chi connectivity index (χ0n) is 62.5. The third-order valence-electron chi connectivity index (χ3n) is 22.7. The van der Waals surface area contributed by atoms with Crippen molar-refractivity contribution in [3.63, 3.8) is 0 Å². The van der Waals surface area contributed by atoms with Gasteiger partial charge in [-0.2, -0.15) is 0 Å². The number of urea groups is 1. The lowest BCUT2D eigenvalue weighted by Crippen LogP contribution is -2.65. The highest BCUT2D eigenvalue weighted by Gasteiger charge is 2.70. The molecule has 6 aliphatic carbocycles. The molecule has 2 aromatic heterocycles. The van der Waals surface area contributed by atoms with Gasteiger partial charge in [-0.15, -0.1) is 22.7 Å². The number of ether oxygens (including phenoxy) is 4. The Morgan fingerprint density at radius 2 is 1.02 bits per heavy atom. The molecule has 14 rings (SSSR count). The zero-order chi connectivity index (χ0) is 75.5. The van der Waals surface area contributed by atoms with Crippen LogP contribution in [0.1, 0.15) is 201 Å². The van der Waals surface area contributed by atoms with E-state index in [1.165, 1.54) is 28.2 Å². The van der Waals surface area contributed by atoms with Crippen LogP contribution in [0.4, 0.5) is 9.59 Å². The summed E-state index contributed by atoms with van der Waals surface area (Å²) in [6.45, 7) is 30.8. The number of hydrogen-bond donors (Lipinski definition) is 1. The number of nitrogens with one attached hydrogen (secondary N) is 1. The number of para-hydroxylation sites is 2. The highest BCUT2D eigenvalue weighted by Crippen LogP contribution is 2.68. The molecule has 6 saturated carbocycles. The van der Waals surface area contributed by atoms with Crippen LogP contribution in [0, 0.1) is 48.3 Å². The quantitative estimate of drug-likeness (QED) is 0.0395. The number of methoxy groups -OCH3 is 2. The molecule has 2 aromatic carbocycles. The van der Waals surface area contributed by atoms with Crippen LogP contribution in [0.5, 0.6) is 11.5 Å². The topological polar surface area (TPSA) is 289 Å². The maximum atomic E-state index is 14.5. The summed E-state index contributed by atoms with van der Waals surface area (Å²) < 4.78 is 95.9. The molecule has 30 heteroatoms. The number of halogens is 1. The Bertz CT molecular complexity index is 4060. The summed E-state index contributed by atoms with van der Waals surface area (Å²) in [5.74, 6) is 0.241. The summed E-state index contributed by atoms with van der Waals surface area (Å²) in [6.07, 6.45) is 4.92. The third-order valence-corrected chi connectivity index (χ3v) is 27.8. The molecule has 0 radical (unpaired) electrons. The highest BCUT2D eigenvalue weighted by molar-refractivity contribution is 7.91. The smallest absolute Gasteiger partial charge is 0.461 e. The Hall–Kier alpha value is -5.52. The van der Waals surface area contributed by atoms with Gasteiger partial charge in [0.2, 0.25) is 0 Å².